The molecule has 1 saturated carbocycles. The fourth-order valence-corrected chi connectivity index (χ4v) is 3.63. The molecule has 1 fully saturated rings. The molecule has 1 amide bonds. The number of nitrogens with zero attached hydrogens (tertiary/aromatic N) is 1. The molecule has 134 valence electrons. The van der Waals surface area contributed by atoms with Crippen LogP contribution in [0.3, 0.4) is 0 Å². The highest BCUT2D eigenvalue weighted by atomic mass is 79.9. The molecule has 1 aliphatic carbocycles. The van der Waals surface area contributed by atoms with Crippen molar-refractivity contribution in [1.82, 2.24) is 14.9 Å². The lowest BCUT2D eigenvalue weighted by molar-refractivity contribution is -0.121. The SMILES string of the molecule is CC(CNC(=O)CCNS(=O)(=O)c1ccc(Br)cc1)N(C)C1CC1. The maximum atomic E-state index is 12.1. The number of carbonyl (C=O) groups excluding carboxylic acids is 1. The van der Waals surface area contributed by atoms with Gasteiger partial charge in [0.2, 0.25) is 15.9 Å². The lowest BCUT2D eigenvalue weighted by Gasteiger charge is -2.24. The first-order valence-electron chi connectivity index (χ1n) is 8.03. The predicted octanol–water partition coefficient (Wildman–Crippen LogP) is 1.72. The summed E-state index contributed by atoms with van der Waals surface area (Å²) >= 11 is 3.26. The molecule has 1 aliphatic rings. The molecule has 0 heterocycles. The van der Waals surface area contributed by atoms with Gasteiger partial charge in [-0.2, -0.15) is 0 Å². The van der Waals surface area contributed by atoms with Crippen LogP contribution in [0.5, 0.6) is 0 Å². The molecule has 0 radical (unpaired) electrons. The molecular weight excluding hydrogens is 394 g/mol. The van der Waals surface area contributed by atoms with E-state index in [4.69, 9.17) is 0 Å². The van der Waals surface area contributed by atoms with E-state index in [-0.39, 0.29) is 29.8 Å². The topological polar surface area (TPSA) is 78.5 Å². The Kier molecular flexibility index (Phi) is 6.79. The summed E-state index contributed by atoms with van der Waals surface area (Å²) in [5, 5.41) is 2.86. The van der Waals surface area contributed by atoms with Crippen LogP contribution in [-0.2, 0) is 14.8 Å². The van der Waals surface area contributed by atoms with Gasteiger partial charge in [0.15, 0.2) is 0 Å². The minimum Gasteiger partial charge on any atom is -0.355 e. The number of carbonyl (C=O) groups is 1. The Labute approximate surface area is 152 Å². The van der Waals surface area contributed by atoms with Crippen molar-refractivity contribution in [1.29, 1.82) is 0 Å². The van der Waals surface area contributed by atoms with Crippen LogP contribution in [0.4, 0.5) is 0 Å². The summed E-state index contributed by atoms with van der Waals surface area (Å²) in [5.74, 6) is -0.149. The van der Waals surface area contributed by atoms with E-state index in [1.54, 1.807) is 12.1 Å². The zero-order chi connectivity index (χ0) is 17.7. The van der Waals surface area contributed by atoms with Crippen LogP contribution in [0.1, 0.15) is 26.2 Å². The molecule has 8 heteroatoms. The molecule has 1 aromatic carbocycles. The molecule has 0 aromatic heterocycles. The predicted molar refractivity (Wildman–Crippen MR) is 97.2 cm³/mol. The second-order valence-corrected chi connectivity index (χ2v) is 8.83. The summed E-state index contributed by atoms with van der Waals surface area (Å²) in [6, 6.07) is 7.29. The third kappa shape index (κ3) is 5.84. The zero-order valence-electron chi connectivity index (χ0n) is 14.0. The Bertz CT molecular complexity index is 660. The van der Waals surface area contributed by atoms with E-state index in [1.807, 2.05) is 0 Å². The van der Waals surface area contributed by atoms with Gasteiger partial charge in [-0.1, -0.05) is 15.9 Å². The first-order chi connectivity index (χ1) is 11.3. The Balaban J connectivity index is 1.70. The zero-order valence-corrected chi connectivity index (χ0v) is 16.4. The average molecular weight is 418 g/mol. The van der Waals surface area contributed by atoms with E-state index in [0.717, 1.165) is 4.47 Å². The van der Waals surface area contributed by atoms with Gasteiger partial charge in [-0.3, -0.25) is 9.69 Å². The summed E-state index contributed by atoms with van der Waals surface area (Å²) < 4.78 is 27.5. The van der Waals surface area contributed by atoms with Gasteiger partial charge in [-0.15, -0.1) is 0 Å². The number of nitrogens with one attached hydrogen (secondary N) is 2. The highest BCUT2D eigenvalue weighted by Gasteiger charge is 2.29. The maximum Gasteiger partial charge on any atom is 0.240 e. The van der Waals surface area contributed by atoms with E-state index in [2.05, 4.69) is 44.8 Å². The van der Waals surface area contributed by atoms with Crippen molar-refractivity contribution in [3.05, 3.63) is 28.7 Å². The van der Waals surface area contributed by atoms with Crippen LogP contribution in [-0.4, -0.2) is 51.4 Å². The molecule has 0 saturated heterocycles. The minimum absolute atomic E-state index is 0.0804. The van der Waals surface area contributed by atoms with Gasteiger partial charge in [0.05, 0.1) is 4.90 Å². The second kappa shape index (κ2) is 8.42. The molecule has 1 atom stereocenters. The van der Waals surface area contributed by atoms with E-state index in [9.17, 15) is 13.2 Å². The summed E-state index contributed by atoms with van der Waals surface area (Å²) in [4.78, 5) is 14.3. The molecular formula is C16H24BrN3O3S. The lowest BCUT2D eigenvalue weighted by atomic mass is 10.3. The quantitative estimate of drug-likeness (QED) is 0.640. The Morgan fingerprint density at radius 3 is 2.54 bits per heavy atom. The largest absolute Gasteiger partial charge is 0.355 e. The van der Waals surface area contributed by atoms with Gasteiger partial charge >= 0.3 is 0 Å². The molecule has 2 rings (SSSR count). The first kappa shape index (κ1) is 19.4. The number of sulfonamides is 1. The molecule has 1 unspecified atom stereocenters. The monoisotopic (exact) mass is 417 g/mol. The highest BCUT2D eigenvalue weighted by Crippen LogP contribution is 2.26. The minimum atomic E-state index is -3.58. The summed E-state index contributed by atoms with van der Waals surface area (Å²) in [7, 11) is -1.51. The van der Waals surface area contributed by atoms with E-state index < -0.39 is 10.0 Å². The van der Waals surface area contributed by atoms with E-state index in [1.165, 1.54) is 25.0 Å². The lowest BCUT2D eigenvalue weighted by Crippen LogP contribution is -2.41. The van der Waals surface area contributed by atoms with Crippen molar-refractivity contribution in [2.24, 2.45) is 0 Å². The third-order valence-corrected chi connectivity index (χ3v) is 6.19. The molecule has 24 heavy (non-hydrogen) atoms. The number of hydrogen-bond donors (Lipinski definition) is 2. The van der Waals surface area contributed by atoms with Crippen molar-refractivity contribution in [3.8, 4) is 0 Å². The molecule has 0 aliphatic heterocycles. The smallest absolute Gasteiger partial charge is 0.240 e. The first-order valence-corrected chi connectivity index (χ1v) is 10.3. The van der Waals surface area contributed by atoms with Crippen LogP contribution in [0.25, 0.3) is 0 Å². The maximum absolute atomic E-state index is 12.1. The van der Waals surface area contributed by atoms with Gasteiger partial charge in [0, 0.05) is 36.1 Å². The van der Waals surface area contributed by atoms with Crippen LogP contribution < -0.4 is 10.0 Å². The fraction of sp³-hybridized carbons (Fsp3) is 0.562. The standard InChI is InChI=1S/C16H24BrN3O3S/c1-12(20(2)14-5-6-14)11-18-16(21)9-10-19-24(22,23)15-7-3-13(17)4-8-15/h3-4,7-8,12,14,19H,5-6,9-11H2,1-2H3,(H,18,21). The van der Waals surface area contributed by atoms with Gasteiger partial charge in [0.1, 0.15) is 0 Å². The molecule has 2 N–H and O–H groups in total. The highest BCUT2D eigenvalue weighted by molar-refractivity contribution is 9.10. The molecule has 1 aromatic rings. The van der Waals surface area contributed by atoms with Gasteiger partial charge in [-0.05, 0) is 51.1 Å². The number of halogens is 1. The number of rotatable bonds is 9. The van der Waals surface area contributed by atoms with Crippen molar-refractivity contribution < 1.29 is 13.2 Å². The number of likely N-dealkylation sites (N-methyl/N-ethyl adjacent to an activating group) is 1. The fourth-order valence-electron chi connectivity index (χ4n) is 2.33. The molecule has 6 nitrogen and oxygen atoms in total. The van der Waals surface area contributed by atoms with Gasteiger partial charge in [0.25, 0.3) is 0 Å². The summed E-state index contributed by atoms with van der Waals surface area (Å²) in [6.45, 7) is 2.73. The number of hydrogen-bond acceptors (Lipinski definition) is 4. The van der Waals surface area contributed by atoms with Gasteiger partial charge < -0.3 is 5.32 Å². The Morgan fingerprint density at radius 1 is 1.33 bits per heavy atom. The number of amides is 1. The van der Waals surface area contributed by atoms with Crippen molar-refractivity contribution >= 4 is 31.9 Å². The summed E-state index contributed by atoms with van der Waals surface area (Å²) in [6.07, 6.45) is 2.58. The van der Waals surface area contributed by atoms with Crippen LogP contribution in [0, 0.1) is 0 Å². The average Bonchev–Trinajstić information content (AvgIpc) is 3.37. The molecule has 0 spiro atoms. The normalized spacial score (nSPS) is 16.2. The summed E-state index contributed by atoms with van der Waals surface area (Å²) in [5.41, 5.74) is 0. The van der Waals surface area contributed by atoms with Crippen LogP contribution in [0.15, 0.2) is 33.6 Å². The van der Waals surface area contributed by atoms with Crippen LogP contribution in [0.2, 0.25) is 0 Å². The van der Waals surface area contributed by atoms with Crippen molar-refractivity contribution in [2.45, 2.75) is 43.2 Å². The Hall–Kier alpha value is -0.960. The van der Waals surface area contributed by atoms with E-state index in [0.29, 0.717) is 12.6 Å². The van der Waals surface area contributed by atoms with Crippen molar-refractivity contribution in [2.75, 3.05) is 20.1 Å². The van der Waals surface area contributed by atoms with Gasteiger partial charge in [-0.25, -0.2) is 13.1 Å². The van der Waals surface area contributed by atoms with Crippen molar-refractivity contribution in [3.63, 3.8) is 0 Å². The molecule has 0 bridgehead atoms. The van der Waals surface area contributed by atoms with Crippen LogP contribution >= 0.6 is 15.9 Å². The Morgan fingerprint density at radius 2 is 1.96 bits per heavy atom. The third-order valence-electron chi connectivity index (χ3n) is 4.18. The second-order valence-electron chi connectivity index (χ2n) is 6.15. The number of benzene rings is 1. The van der Waals surface area contributed by atoms with E-state index >= 15 is 0 Å².